The number of rotatable bonds is 5. The van der Waals surface area contributed by atoms with Crippen molar-refractivity contribution >= 4 is 37.8 Å². The summed E-state index contributed by atoms with van der Waals surface area (Å²) in [7, 11) is 0. The van der Waals surface area contributed by atoms with E-state index in [2.05, 4.69) is 51.8 Å². The molecule has 5 heteroatoms. The van der Waals surface area contributed by atoms with Crippen LogP contribution in [-0.4, -0.2) is 23.9 Å². The fourth-order valence-corrected chi connectivity index (χ4v) is 3.06. The molecule has 1 amide bonds. The SMILES string of the molecule is CC(C)CN(CCC#N)C(=O)c1cc(Br)cc(Br)c1. The van der Waals surface area contributed by atoms with Crippen molar-refractivity contribution in [3.8, 4) is 6.07 Å². The molecule has 0 fully saturated rings. The molecule has 3 nitrogen and oxygen atoms in total. The molecule has 1 rings (SSSR count). The maximum absolute atomic E-state index is 12.5. The van der Waals surface area contributed by atoms with Crippen LogP contribution >= 0.6 is 31.9 Å². The third-order valence-electron chi connectivity index (χ3n) is 2.48. The van der Waals surface area contributed by atoms with Gasteiger partial charge in [-0.3, -0.25) is 4.79 Å². The van der Waals surface area contributed by atoms with Crippen molar-refractivity contribution in [3.63, 3.8) is 0 Å². The largest absolute Gasteiger partial charge is 0.337 e. The van der Waals surface area contributed by atoms with Crippen LogP contribution in [0.2, 0.25) is 0 Å². The maximum atomic E-state index is 12.5. The van der Waals surface area contributed by atoms with Crippen molar-refractivity contribution in [2.75, 3.05) is 13.1 Å². The molecule has 0 unspecified atom stereocenters. The first-order valence-electron chi connectivity index (χ1n) is 6.06. The first-order valence-corrected chi connectivity index (χ1v) is 7.65. The van der Waals surface area contributed by atoms with Gasteiger partial charge in [-0.1, -0.05) is 45.7 Å². The number of carbonyl (C=O) groups excluding carboxylic acids is 1. The molecule has 0 radical (unpaired) electrons. The van der Waals surface area contributed by atoms with E-state index in [1.165, 1.54) is 0 Å². The molecule has 0 aromatic heterocycles. The second-order valence-electron chi connectivity index (χ2n) is 4.71. The lowest BCUT2D eigenvalue weighted by molar-refractivity contribution is 0.0740. The molecule has 0 spiro atoms. The van der Waals surface area contributed by atoms with Gasteiger partial charge >= 0.3 is 0 Å². The average molecular weight is 388 g/mol. The summed E-state index contributed by atoms with van der Waals surface area (Å²) in [6.45, 7) is 5.25. The van der Waals surface area contributed by atoms with Crippen molar-refractivity contribution in [2.24, 2.45) is 5.92 Å². The lowest BCUT2D eigenvalue weighted by Gasteiger charge is -2.24. The van der Waals surface area contributed by atoms with E-state index in [1.807, 2.05) is 6.07 Å². The number of carbonyl (C=O) groups is 1. The molecule has 0 atom stereocenters. The quantitative estimate of drug-likeness (QED) is 0.758. The number of halogens is 2. The van der Waals surface area contributed by atoms with Crippen molar-refractivity contribution in [1.82, 2.24) is 4.90 Å². The number of hydrogen-bond acceptors (Lipinski definition) is 2. The molecule has 102 valence electrons. The smallest absolute Gasteiger partial charge is 0.253 e. The first-order chi connectivity index (χ1) is 8.93. The Bertz CT molecular complexity index is 474. The monoisotopic (exact) mass is 386 g/mol. The number of amides is 1. The van der Waals surface area contributed by atoms with E-state index in [-0.39, 0.29) is 5.91 Å². The Balaban J connectivity index is 2.94. The van der Waals surface area contributed by atoms with Gasteiger partial charge in [-0.15, -0.1) is 0 Å². The minimum Gasteiger partial charge on any atom is -0.337 e. The zero-order chi connectivity index (χ0) is 14.4. The molecule has 0 saturated heterocycles. The molecule has 0 N–H and O–H groups in total. The van der Waals surface area contributed by atoms with Crippen molar-refractivity contribution in [1.29, 1.82) is 5.26 Å². The first kappa shape index (κ1) is 16.2. The summed E-state index contributed by atoms with van der Waals surface area (Å²) in [5, 5.41) is 8.69. The molecule has 19 heavy (non-hydrogen) atoms. The average Bonchev–Trinajstić information content (AvgIpc) is 2.32. The number of nitrogens with zero attached hydrogens (tertiary/aromatic N) is 2. The Kier molecular flexibility index (Phi) is 6.53. The van der Waals surface area contributed by atoms with Gasteiger partial charge in [0.05, 0.1) is 12.5 Å². The zero-order valence-corrected chi connectivity index (χ0v) is 14.2. The number of hydrogen-bond donors (Lipinski definition) is 0. The molecular formula is C14H16Br2N2O. The van der Waals surface area contributed by atoms with Gasteiger partial charge in [0.2, 0.25) is 0 Å². The minimum absolute atomic E-state index is 0.0362. The number of nitriles is 1. The van der Waals surface area contributed by atoms with E-state index in [9.17, 15) is 4.79 Å². The molecule has 0 heterocycles. The van der Waals surface area contributed by atoms with Gasteiger partial charge in [0.15, 0.2) is 0 Å². The molecule has 0 bridgehead atoms. The van der Waals surface area contributed by atoms with Gasteiger partial charge in [-0.05, 0) is 24.1 Å². The van der Waals surface area contributed by atoms with Gasteiger partial charge in [-0.2, -0.15) is 5.26 Å². The van der Waals surface area contributed by atoms with Crippen LogP contribution in [0.5, 0.6) is 0 Å². The molecule has 0 aliphatic rings. The van der Waals surface area contributed by atoms with Crippen molar-refractivity contribution in [2.45, 2.75) is 20.3 Å². The Labute approximate surface area is 130 Å². The molecule has 0 saturated carbocycles. The van der Waals surface area contributed by atoms with E-state index in [4.69, 9.17) is 5.26 Å². The third kappa shape index (κ3) is 5.33. The second-order valence-corrected chi connectivity index (χ2v) is 6.54. The van der Waals surface area contributed by atoms with Gasteiger partial charge in [0, 0.05) is 27.6 Å². The van der Waals surface area contributed by atoms with Crippen LogP contribution in [0.15, 0.2) is 27.1 Å². The van der Waals surface area contributed by atoms with Crippen LogP contribution in [0, 0.1) is 17.2 Å². The van der Waals surface area contributed by atoms with Crippen LogP contribution in [0.3, 0.4) is 0 Å². The van der Waals surface area contributed by atoms with Crippen LogP contribution < -0.4 is 0 Å². The van der Waals surface area contributed by atoms with Crippen molar-refractivity contribution in [3.05, 3.63) is 32.7 Å². The molecular weight excluding hydrogens is 372 g/mol. The summed E-state index contributed by atoms with van der Waals surface area (Å²) in [5.41, 5.74) is 0.625. The Hall–Kier alpha value is -0.860. The van der Waals surface area contributed by atoms with Crippen LogP contribution in [0.4, 0.5) is 0 Å². The van der Waals surface area contributed by atoms with Crippen molar-refractivity contribution < 1.29 is 4.79 Å². The second kappa shape index (κ2) is 7.66. The lowest BCUT2D eigenvalue weighted by atomic mass is 10.1. The summed E-state index contributed by atoms with van der Waals surface area (Å²) in [5.74, 6) is 0.337. The fraction of sp³-hybridized carbons (Fsp3) is 0.429. The van der Waals surface area contributed by atoms with E-state index < -0.39 is 0 Å². The number of benzene rings is 1. The summed E-state index contributed by atoms with van der Waals surface area (Å²) < 4.78 is 1.71. The lowest BCUT2D eigenvalue weighted by Crippen LogP contribution is -2.35. The van der Waals surface area contributed by atoms with Crippen LogP contribution in [-0.2, 0) is 0 Å². The third-order valence-corrected chi connectivity index (χ3v) is 3.39. The van der Waals surface area contributed by atoms with E-state index >= 15 is 0 Å². The van der Waals surface area contributed by atoms with Gasteiger partial charge in [-0.25, -0.2) is 0 Å². The molecule has 0 aliphatic carbocycles. The zero-order valence-electron chi connectivity index (χ0n) is 11.0. The Morgan fingerprint density at radius 3 is 2.37 bits per heavy atom. The molecule has 0 aliphatic heterocycles. The van der Waals surface area contributed by atoms with E-state index in [1.54, 1.807) is 17.0 Å². The summed E-state index contributed by atoms with van der Waals surface area (Å²) in [6.07, 6.45) is 0.355. The van der Waals surface area contributed by atoms with Crippen LogP contribution in [0.25, 0.3) is 0 Å². The predicted octanol–water partition coefficient (Wildman–Crippen LogP) is 4.22. The van der Waals surface area contributed by atoms with Gasteiger partial charge < -0.3 is 4.90 Å². The standard InChI is InChI=1S/C14H16Br2N2O/c1-10(2)9-18(5-3-4-17)14(19)11-6-12(15)8-13(16)7-11/h6-8,10H,3,5,9H2,1-2H3. The highest BCUT2D eigenvalue weighted by atomic mass is 79.9. The maximum Gasteiger partial charge on any atom is 0.253 e. The fourth-order valence-electron chi connectivity index (χ4n) is 1.76. The van der Waals surface area contributed by atoms with Gasteiger partial charge in [0.25, 0.3) is 5.91 Å². The van der Waals surface area contributed by atoms with E-state index in [0.29, 0.717) is 31.0 Å². The molecule has 1 aromatic rings. The summed E-state index contributed by atoms with van der Waals surface area (Å²) >= 11 is 6.76. The highest BCUT2D eigenvalue weighted by molar-refractivity contribution is 9.11. The normalized spacial score (nSPS) is 10.3. The topological polar surface area (TPSA) is 44.1 Å². The predicted molar refractivity (Wildman–Crippen MR) is 82.8 cm³/mol. The summed E-state index contributed by atoms with van der Waals surface area (Å²) in [4.78, 5) is 14.2. The highest BCUT2D eigenvalue weighted by Gasteiger charge is 2.17. The minimum atomic E-state index is -0.0362. The molecule has 1 aromatic carbocycles. The Morgan fingerprint density at radius 1 is 1.32 bits per heavy atom. The van der Waals surface area contributed by atoms with Crippen LogP contribution in [0.1, 0.15) is 30.6 Å². The van der Waals surface area contributed by atoms with Gasteiger partial charge in [0.1, 0.15) is 0 Å². The highest BCUT2D eigenvalue weighted by Crippen LogP contribution is 2.21. The Morgan fingerprint density at radius 2 is 1.89 bits per heavy atom. The summed E-state index contributed by atoms with van der Waals surface area (Å²) in [6, 6.07) is 7.57. The van der Waals surface area contributed by atoms with E-state index in [0.717, 1.165) is 8.95 Å².